The SMILES string of the molecule is C[C@@H](OC[C@@]1(C)CCC(c2nn[nH]n2)CN1C)c1cc(C(F)(F)F)cc(C(F)(F)F)c1.[2H]CF. The standard InChI is InChI=1S/C19H23F6N5O.CH3F/c1-11(13-6-14(18(20,21)22)8-15(7-13)19(23,24)25)31-10-17(2)5-4-12(9-30(17)3)16-26-28-29-27-16;1-2/h6-8,11-12H,4-5,9-10H2,1-3H3,(H,26,27,28,29);1H3/t11-,12?,17-;/m1./s1/i;1D. The number of hydrogen-bond donors (Lipinski definition) is 1. The van der Waals surface area contributed by atoms with Crippen LogP contribution in [-0.4, -0.2) is 58.4 Å². The van der Waals surface area contributed by atoms with Gasteiger partial charge in [-0.25, -0.2) is 0 Å². The molecule has 0 saturated carbocycles. The van der Waals surface area contributed by atoms with Crippen molar-refractivity contribution in [3.63, 3.8) is 0 Å². The molecule has 0 radical (unpaired) electrons. The number of tetrazole rings is 1. The minimum atomic E-state index is -4.89. The van der Waals surface area contributed by atoms with Crippen molar-refractivity contribution in [1.29, 1.82) is 0 Å². The molecule has 0 spiro atoms. The van der Waals surface area contributed by atoms with Crippen molar-refractivity contribution in [2.24, 2.45) is 0 Å². The van der Waals surface area contributed by atoms with Crippen molar-refractivity contribution in [2.75, 3.05) is 27.4 Å². The van der Waals surface area contributed by atoms with E-state index < -0.39 is 42.3 Å². The number of piperidine rings is 1. The number of H-pyrrole nitrogens is 1. The van der Waals surface area contributed by atoms with E-state index in [4.69, 9.17) is 6.11 Å². The Morgan fingerprint density at radius 3 is 2.24 bits per heavy atom. The Hall–Kier alpha value is -2.28. The number of aromatic nitrogens is 4. The summed E-state index contributed by atoms with van der Waals surface area (Å²) in [4.78, 5) is 2.04. The van der Waals surface area contributed by atoms with Gasteiger partial charge in [0.2, 0.25) is 0 Å². The summed E-state index contributed by atoms with van der Waals surface area (Å²) in [6.45, 7) is 4.15. The first-order valence-corrected chi connectivity index (χ1v) is 9.92. The Balaban J connectivity index is 0.00000129. The lowest BCUT2D eigenvalue weighted by Crippen LogP contribution is -2.52. The molecule has 1 unspecified atom stereocenters. The number of aromatic amines is 1. The summed E-state index contributed by atoms with van der Waals surface area (Å²) in [5, 5.41) is 14.0. The predicted molar refractivity (Wildman–Crippen MR) is 105 cm³/mol. The minimum absolute atomic E-state index is 0.0760. The first-order chi connectivity index (χ1) is 15.7. The number of likely N-dealkylation sites (tertiary alicyclic amines) is 1. The zero-order valence-corrected chi connectivity index (χ0v) is 18.3. The van der Waals surface area contributed by atoms with Crippen LogP contribution in [0.3, 0.4) is 0 Å². The maximum atomic E-state index is 13.1. The predicted octanol–water partition coefficient (Wildman–Crippen LogP) is 5.17. The number of rotatable bonds is 5. The fourth-order valence-corrected chi connectivity index (χ4v) is 3.67. The summed E-state index contributed by atoms with van der Waals surface area (Å²) in [5.74, 6) is 0.680. The molecule has 1 saturated heterocycles. The Morgan fingerprint density at radius 1 is 1.21 bits per heavy atom. The molecule has 1 aromatic carbocycles. The summed E-state index contributed by atoms with van der Waals surface area (Å²) < 4.78 is 99.9. The Labute approximate surface area is 187 Å². The van der Waals surface area contributed by atoms with Crippen LogP contribution in [0.15, 0.2) is 18.2 Å². The topological polar surface area (TPSA) is 66.9 Å². The van der Waals surface area contributed by atoms with Gasteiger partial charge in [-0.2, -0.15) is 31.6 Å². The highest BCUT2D eigenvalue weighted by Gasteiger charge is 2.39. The quantitative estimate of drug-likeness (QED) is 0.591. The number of nitrogens with one attached hydrogen (secondary N) is 1. The summed E-state index contributed by atoms with van der Waals surface area (Å²) in [6, 6.07) is 1.53. The van der Waals surface area contributed by atoms with E-state index in [1.54, 1.807) is 0 Å². The first-order valence-electron chi connectivity index (χ1n) is 10.6. The van der Waals surface area contributed by atoms with Crippen LogP contribution in [0.25, 0.3) is 0 Å². The van der Waals surface area contributed by atoms with E-state index in [0.717, 1.165) is 6.42 Å². The van der Waals surface area contributed by atoms with Gasteiger partial charge in [0.1, 0.15) is 0 Å². The van der Waals surface area contributed by atoms with Crippen LogP contribution in [0.5, 0.6) is 0 Å². The summed E-state index contributed by atoms with van der Waals surface area (Å²) in [6.07, 6.45) is -9.31. The van der Waals surface area contributed by atoms with E-state index in [0.29, 0.717) is 30.9 Å². The van der Waals surface area contributed by atoms with Gasteiger partial charge in [0.15, 0.2) is 5.82 Å². The highest BCUT2D eigenvalue weighted by Crippen LogP contribution is 2.39. The van der Waals surface area contributed by atoms with Gasteiger partial charge in [0.25, 0.3) is 0 Å². The number of benzene rings is 1. The monoisotopic (exact) mass is 486 g/mol. The molecule has 186 valence electrons. The molecule has 0 aliphatic carbocycles. The van der Waals surface area contributed by atoms with Crippen LogP contribution in [0.4, 0.5) is 30.7 Å². The number of likely N-dealkylation sites (N-methyl/N-ethyl adjacent to an activating group) is 1. The molecule has 3 rings (SSSR count). The summed E-state index contributed by atoms with van der Waals surface area (Å²) in [7, 11) is 0.881. The second-order valence-electron chi connectivity index (χ2n) is 8.18. The molecular formula is C20H26F7N5O. The second kappa shape index (κ2) is 10.3. The highest BCUT2D eigenvalue weighted by atomic mass is 19.4. The summed E-state index contributed by atoms with van der Waals surface area (Å²) >= 11 is 0. The smallest absolute Gasteiger partial charge is 0.372 e. The molecule has 0 bridgehead atoms. The molecular weight excluding hydrogens is 459 g/mol. The number of hydrogen-bond acceptors (Lipinski definition) is 5. The van der Waals surface area contributed by atoms with Crippen molar-refractivity contribution in [3.8, 4) is 0 Å². The number of halogens is 7. The summed E-state index contributed by atoms with van der Waals surface area (Å²) in [5.41, 5.74) is -3.31. The first kappa shape index (κ1) is 25.3. The van der Waals surface area contributed by atoms with E-state index in [2.05, 4.69) is 20.6 Å². The Bertz CT molecular complexity index is 877. The average Bonchev–Trinajstić information content (AvgIpc) is 3.28. The molecule has 1 fully saturated rings. The van der Waals surface area contributed by atoms with Gasteiger partial charge in [-0.05, 0) is 57.5 Å². The van der Waals surface area contributed by atoms with Gasteiger partial charge in [-0.3, -0.25) is 9.29 Å². The van der Waals surface area contributed by atoms with E-state index >= 15 is 0 Å². The lowest BCUT2D eigenvalue weighted by atomic mass is 9.84. The third-order valence-corrected chi connectivity index (χ3v) is 5.90. The third kappa shape index (κ3) is 6.62. The van der Waals surface area contributed by atoms with Crippen LogP contribution < -0.4 is 0 Å². The lowest BCUT2D eigenvalue weighted by Gasteiger charge is -2.45. The van der Waals surface area contributed by atoms with Crippen LogP contribution in [-0.2, 0) is 17.1 Å². The van der Waals surface area contributed by atoms with Crippen molar-refractivity contribution in [2.45, 2.75) is 56.6 Å². The van der Waals surface area contributed by atoms with Gasteiger partial charge < -0.3 is 4.74 Å². The maximum absolute atomic E-state index is 13.1. The van der Waals surface area contributed by atoms with Crippen LogP contribution >= 0.6 is 0 Å². The second-order valence-corrected chi connectivity index (χ2v) is 8.18. The van der Waals surface area contributed by atoms with Crippen LogP contribution in [0, 0.1) is 0 Å². The fraction of sp³-hybridized carbons (Fsp3) is 0.650. The van der Waals surface area contributed by atoms with E-state index in [-0.39, 0.29) is 24.2 Å². The maximum Gasteiger partial charge on any atom is 0.416 e. The normalized spacial score (nSPS) is 23.5. The van der Waals surface area contributed by atoms with Crippen LogP contribution in [0.1, 0.15) is 62.6 Å². The van der Waals surface area contributed by atoms with Crippen molar-refractivity contribution >= 4 is 0 Å². The number of nitrogens with zero attached hydrogens (tertiary/aromatic N) is 4. The molecule has 1 aromatic heterocycles. The molecule has 13 heteroatoms. The largest absolute Gasteiger partial charge is 0.416 e. The van der Waals surface area contributed by atoms with Crippen LogP contribution in [0.2, 0.25) is 0 Å². The van der Waals surface area contributed by atoms with Crippen molar-refractivity contribution in [3.05, 3.63) is 40.7 Å². The van der Waals surface area contributed by atoms with Gasteiger partial charge in [0.05, 0.1) is 32.4 Å². The van der Waals surface area contributed by atoms with Gasteiger partial charge in [0, 0.05) is 18.0 Å². The molecule has 2 heterocycles. The molecule has 3 atom stereocenters. The minimum Gasteiger partial charge on any atom is -0.372 e. The molecule has 1 N–H and O–H groups in total. The molecule has 2 aromatic rings. The van der Waals surface area contributed by atoms with Gasteiger partial charge in [-0.15, -0.1) is 10.2 Å². The number of alkyl halides is 7. The molecule has 1 aliphatic heterocycles. The Kier molecular flexibility index (Phi) is 7.93. The molecule has 6 nitrogen and oxygen atoms in total. The molecule has 1 aliphatic rings. The number of ether oxygens (including phenoxy) is 1. The Morgan fingerprint density at radius 2 is 1.79 bits per heavy atom. The van der Waals surface area contributed by atoms with Crippen molar-refractivity contribution < 1.29 is 36.8 Å². The van der Waals surface area contributed by atoms with Crippen molar-refractivity contribution in [1.82, 2.24) is 25.5 Å². The zero-order chi connectivity index (χ0) is 25.7. The highest BCUT2D eigenvalue weighted by molar-refractivity contribution is 5.34. The average molecular weight is 486 g/mol. The van der Waals surface area contributed by atoms with E-state index in [1.165, 1.54) is 6.92 Å². The van der Waals surface area contributed by atoms with Gasteiger partial charge in [-0.1, -0.05) is 5.21 Å². The molecule has 0 amide bonds. The fourth-order valence-electron chi connectivity index (χ4n) is 3.67. The van der Waals surface area contributed by atoms with E-state index in [1.807, 2.05) is 18.9 Å². The third-order valence-electron chi connectivity index (χ3n) is 5.90. The zero-order valence-electron chi connectivity index (χ0n) is 19.3. The van der Waals surface area contributed by atoms with E-state index in [9.17, 15) is 30.7 Å². The van der Waals surface area contributed by atoms with Gasteiger partial charge >= 0.3 is 12.4 Å². The molecule has 33 heavy (non-hydrogen) atoms. The lowest BCUT2D eigenvalue weighted by molar-refractivity contribution is -0.143.